The molecule has 2 heterocycles. The van der Waals surface area contributed by atoms with E-state index in [9.17, 15) is 28.7 Å². The summed E-state index contributed by atoms with van der Waals surface area (Å²) in [4.78, 5) is 54.9. The molecule has 0 saturated carbocycles. The molecular weight excluding hydrogens is 1010 g/mol. The number of rotatable bonds is 14. The normalized spacial score (nSPS) is 13.6. The Bertz CT molecular complexity index is 3540. The van der Waals surface area contributed by atoms with Crippen molar-refractivity contribution in [1.29, 1.82) is 0 Å². The molecule has 8 aromatic rings. The van der Waals surface area contributed by atoms with Crippen LogP contribution in [0.1, 0.15) is 134 Å². The minimum Gasteiger partial charge on any atom is -0.478 e. The molecule has 2 atom stereocenters. The molecule has 2 aliphatic heterocycles. The summed E-state index contributed by atoms with van der Waals surface area (Å²) in [6.45, 7) is 11.7. The molecule has 0 bridgehead atoms. The minimum absolute atomic E-state index is 0.109. The van der Waals surface area contributed by atoms with Gasteiger partial charge in [0, 0.05) is 59.8 Å². The van der Waals surface area contributed by atoms with Crippen LogP contribution in [0, 0.1) is 11.6 Å². The number of hydrogen-bond donors (Lipinski definition) is 3. The highest BCUT2D eigenvalue weighted by Gasteiger charge is 2.25. The topological polar surface area (TPSA) is 128 Å². The molecule has 8 aromatic carbocycles. The predicted molar refractivity (Wildman–Crippen MR) is 312 cm³/mol. The number of carboxylic acid groups (broad SMARTS) is 1. The van der Waals surface area contributed by atoms with Crippen LogP contribution in [0.5, 0.6) is 0 Å². The third kappa shape index (κ3) is 13.5. The molecule has 2 aliphatic rings. The van der Waals surface area contributed by atoms with Crippen LogP contribution in [-0.4, -0.2) is 47.6 Å². The van der Waals surface area contributed by atoms with Crippen molar-refractivity contribution in [1.82, 2.24) is 10.6 Å². The van der Waals surface area contributed by atoms with Crippen molar-refractivity contribution < 1.29 is 37.8 Å². The molecule has 0 aromatic heterocycles. The SMILES string of the molecule is C[C@H](NC(=O)c1ccc2c(c1)CCCN2Cc1cc(-c2ccccc2C(=O)O)ccc1F)c1ccccc1.C[C@H](NC(=O)c1ccc2c(c1)CCCN2Cc1cc(-c2ccccc2C(=O)OC(C)(C)C)ccc1F)c1ccccc1. The average molecular weight is 1070 g/mol. The first-order valence-corrected chi connectivity index (χ1v) is 27.2. The maximum Gasteiger partial charge on any atom is 0.339 e. The molecular formula is C68H66F2N4O6. The van der Waals surface area contributed by atoms with Gasteiger partial charge in [0.1, 0.15) is 17.2 Å². The van der Waals surface area contributed by atoms with Gasteiger partial charge in [-0.1, -0.05) is 109 Å². The van der Waals surface area contributed by atoms with Crippen molar-refractivity contribution in [3.8, 4) is 22.3 Å². The number of nitrogens with one attached hydrogen (secondary N) is 2. The van der Waals surface area contributed by atoms with E-state index in [1.54, 1.807) is 54.6 Å². The van der Waals surface area contributed by atoms with Crippen molar-refractivity contribution in [2.24, 2.45) is 0 Å². The summed E-state index contributed by atoms with van der Waals surface area (Å²) < 4.78 is 35.7. The number of aromatic carboxylic acids is 1. The first kappa shape index (κ1) is 55.8. The van der Waals surface area contributed by atoms with Crippen LogP contribution in [0.15, 0.2) is 182 Å². The summed E-state index contributed by atoms with van der Waals surface area (Å²) in [5, 5.41) is 15.7. The molecule has 0 fully saturated rings. The number of benzene rings is 8. The highest BCUT2D eigenvalue weighted by atomic mass is 19.1. The quantitative estimate of drug-likeness (QED) is 0.0919. The molecule has 0 spiro atoms. The number of carboxylic acids is 1. The van der Waals surface area contributed by atoms with Gasteiger partial charge in [-0.3, -0.25) is 9.59 Å². The molecule has 80 heavy (non-hydrogen) atoms. The smallest absolute Gasteiger partial charge is 0.339 e. The van der Waals surface area contributed by atoms with Gasteiger partial charge < -0.3 is 30.3 Å². The van der Waals surface area contributed by atoms with Crippen molar-refractivity contribution in [3.05, 3.63) is 249 Å². The van der Waals surface area contributed by atoms with E-state index in [0.717, 1.165) is 78.0 Å². The highest BCUT2D eigenvalue weighted by molar-refractivity contribution is 5.98. The first-order valence-electron chi connectivity index (χ1n) is 27.2. The van der Waals surface area contributed by atoms with Crippen LogP contribution < -0.4 is 20.4 Å². The second-order valence-corrected chi connectivity index (χ2v) is 21.5. The molecule has 0 radical (unpaired) electrons. The van der Waals surface area contributed by atoms with Gasteiger partial charge in [-0.25, -0.2) is 18.4 Å². The fourth-order valence-corrected chi connectivity index (χ4v) is 10.5. The second kappa shape index (κ2) is 24.8. The molecule has 3 N–H and O–H groups in total. The van der Waals surface area contributed by atoms with Crippen molar-refractivity contribution in [2.45, 2.75) is 91.1 Å². The van der Waals surface area contributed by atoms with E-state index in [0.29, 0.717) is 57.6 Å². The van der Waals surface area contributed by atoms with E-state index in [-0.39, 0.29) is 41.1 Å². The maximum absolute atomic E-state index is 15.2. The Balaban J connectivity index is 0.000000195. The number of ether oxygens (including phenoxy) is 1. The van der Waals surface area contributed by atoms with Crippen LogP contribution in [0.4, 0.5) is 20.2 Å². The zero-order chi connectivity index (χ0) is 56.5. The standard InChI is InChI=1S/C36H37FN2O3.C32H29FN2O3/c1-24(25-11-6-5-7-12-25)38-34(40)28-17-19-33-27(22-28)13-10-20-39(33)23-29-21-26(16-18-32(29)37)30-14-8-9-15-31(30)35(41)42-36(2,3)4;1-21(22-8-3-2-4-9-22)34-31(36)25-14-16-30-24(19-25)10-7-17-35(30)20-26-18-23(13-15-29(26)33)27-11-5-6-12-28(27)32(37)38/h5-9,11-12,14-19,21-22,24H,10,13,20,23H2,1-4H3,(H,38,40);2-6,8-9,11-16,18-19,21H,7,10,17,20H2,1H3,(H,34,36)(H,37,38)/t24-;21-/m00/s1. The molecule has 0 aliphatic carbocycles. The lowest BCUT2D eigenvalue weighted by atomic mass is 9.96. The van der Waals surface area contributed by atoms with Crippen LogP contribution in [0.3, 0.4) is 0 Å². The average Bonchev–Trinajstić information content (AvgIpc) is 3.46. The number of esters is 1. The van der Waals surface area contributed by atoms with Gasteiger partial charge in [-0.2, -0.15) is 0 Å². The Morgan fingerprint density at radius 1 is 0.537 bits per heavy atom. The summed E-state index contributed by atoms with van der Waals surface area (Å²) in [7, 11) is 0. The number of hydrogen-bond acceptors (Lipinski definition) is 7. The number of fused-ring (bicyclic) bond motifs is 2. The van der Waals surface area contributed by atoms with Crippen LogP contribution in [0.25, 0.3) is 22.3 Å². The van der Waals surface area contributed by atoms with E-state index in [1.165, 1.54) is 12.1 Å². The number of carbonyl (C=O) groups excluding carboxylic acids is 3. The van der Waals surface area contributed by atoms with Crippen molar-refractivity contribution in [2.75, 3.05) is 22.9 Å². The Kier molecular flexibility index (Phi) is 17.3. The summed E-state index contributed by atoms with van der Waals surface area (Å²) in [5.74, 6) is -2.31. The number of halogens is 2. The van der Waals surface area contributed by atoms with E-state index in [4.69, 9.17) is 4.74 Å². The Morgan fingerprint density at radius 2 is 0.950 bits per heavy atom. The van der Waals surface area contributed by atoms with Gasteiger partial charge in [-0.15, -0.1) is 0 Å². The fourth-order valence-electron chi connectivity index (χ4n) is 10.5. The highest BCUT2D eigenvalue weighted by Crippen LogP contribution is 2.35. The summed E-state index contributed by atoms with van der Waals surface area (Å²) in [6, 6.07) is 54.7. The summed E-state index contributed by atoms with van der Waals surface area (Å²) >= 11 is 0. The Morgan fingerprint density at radius 3 is 1.39 bits per heavy atom. The molecule has 12 heteroatoms. The lowest BCUT2D eigenvalue weighted by molar-refractivity contribution is 0.00699. The lowest BCUT2D eigenvalue weighted by Crippen LogP contribution is -2.30. The Labute approximate surface area is 467 Å². The molecule has 10 nitrogen and oxygen atoms in total. The van der Waals surface area contributed by atoms with Gasteiger partial charge in [0.25, 0.3) is 11.8 Å². The van der Waals surface area contributed by atoms with Crippen LogP contribution >= 0.6 is 0 Å². The van der Waals surface area contributed by atoms with E-state index in [1.807, 2.05) is 150 Å². The zero-order valence-corrected chi connectivity index (χ0v) is 45.8. The fraction of sp³-hybridized carbons (Fsp3) is 0.235. The first-order chi connectivity index (χ1) is 38.5. The molecule has 10 rings (SSSR count). The van der Waals surface area contributed by atoms with E-state index < -0.39 is 17.5 Å². The van der Waals surface area contributed by atoms with Gasteiger partial charge in [0.15, 0.2) is 0 Å². The largest absolute Gasteiger partial charge is 0.478 e. The maximum atomic E-state index is 15.2. The number of carbonyl (C=O) groups is 4. The number of amides is 2. The molecule has 0 unspecified atom stereocenters. The third-order valence-electron chi connectivity index (χ3n) is 14.5. The van der Waals surface area contributed by atoms with Crippen molar-refractivity contribution >= 4 is 35.1 Å². The second-order valence-electron chi connectivity index (χ2n) is 21.5. The minimum atomic E-state index is -1.02. The van der Waals surface area contributed by atoms with Crippen LogP contribution in [-0.2, 0) is 30.7 Å². The zero-order valence-electron chi connectivity index (χ0n) is 45.8. The van der Waals surface area contributed by atoms with Gasteiger partial charge >= 0.3 is 11.9 Å². The molecule has 0 saturated heterocycles. The van der Waals surface area contributed by atoms with E-state index >= 15 is 4.39 Å². The summed E-state index contributed by atoms with van der Waals surface area (Å²) in [6.07, 6.45) is 3.49. The van der Waals surface area contributed by atoms with E-state index in [2.05, 4.69) is 20.4 Å². The van der Waals surface area contributed by atoms with Gasteiger partial charge in [0.2, 0.25) is 0 Å². The Hall–Kier alpha value is -8.90. The monoisotopic (exact) mass is 1070 g/mol. The van der Waals surface area contributed by atoms with Crippen molar-refractivity contribution in [3.63, 3.8) is 0 Å². The van der Waals surface area contributed by atoms with Crippen LogP contribution in [0.2, 0.25) is 0 Å². The number of anilines is 2. The van der Waals surface area contributed by atoms with Gasteiger partial charge in [0.05, 0.1) is 23.2 Å². The number of nitrogens with zero attached hydrogens (tertiary/aromatic N) is 2. The number of aryl methyl sites for hydroxylation is 2. The lowest BCUT2D eigenvalue weighted by Gasteiger charge is -2.32. The molecule has 2 amide bonds. The molecule has 408 valence electrons. The third-order valence-corrected chi connectivity index (χ3v) is 14.5. The van der Waals surface area contributed by atoms with Gasteiger partial charge in [-0.05, 0) is 178 Å². The summed E-state index contributed by atoms with van der Waals surface area (Å²) in [5.41, 5.74) is 11.2. The predicted octanol–water partition coefficient (Wildman–Crippen LogP) is 14.5.